The van der Waals surface area contributed by atoms with Gasteiger partial charge in [-0.1, -0.05) is 30.7 Å². The van der Waals surface area contributed by atoms with Gasteiger partial charge in [0.2, 0.25) is 0 Å². The summed E-state index contributed by atoms with van der Waals surface area (Å²) < 4.78 is 9.07. The number of aromatic nitrogens is 3. The van der Waals surface area contributed by atoms with Crippen molar-refractivity contribution in [2.45, 2.75) is 50.8 Å². The molecule has 0 bridgehead atoms. The summed E-state index contributed by atoms with van der Waals surface area (Å²) >= 11 is 8.01. The van der Waals surface area contributed by atoms with Crippen LogP contribution in [0.25, 0.3) is 0 Å². The smallest absolute Gasteiger partial charge is 0.106 e. The van der Waals surface area contributed by atoms with Gasteiger partial charge >= 0.3 is 0 Å². The molecule has 0 aromatic carbocycles. The van der Waals surface area contributed by atoms with E-state index in [-0.39, 0.29) is 11.6 Å². The molecule has 3 atom stereocenters. The predicted octanol–water partition coefficient (Wildman–Crippen LogP) is 3.45. The van der Waals surface area contributed by atoms with Crippen LogP contribution in [-0.4, -0.2) is 27.6 Å². The van der Waals surface area contributed by atoms with Crippen molar-refractivity contribution < 1.29 is 4.74 Å². The van der Waals surface area contributed by atoms with Crippen molar-refractivity contribution in [2.75, 3.05) is 6.61 Å². The number of nitrogens with zero attached hydrogens (tertiary/aromatic N) is 3. The Morgan fingerprint density at radius 2 is 2.29 bits per heavy atom. The van der Waals surface area contributed by atoms with Gasteiger partial charge in [-0.15, -0.1) is 16.4 Å². The fraction of sp³-hybridized carbons (Fsp3) is 0.647. The third kappa shape index (κ3) is 2.79. The van der Waals surface area contributed by atoms with Crippen molar-refractivity contribution in [1.29, 1.82) is 0 Å². The quantitative estimate of drug-likeness (QED) is 0.884. The molecule has 0 saturated carbocycles. The first-order valence-corrected chi connectivity index (χ1v) is 9.71. The second-order valence-electron chi connectivity index (χ2n) is 7.29. The number of hydrogen-bond donors (Lipinski definition) is 1. The summed E-state index contributed by atoms with van der Waals surface area (Å²) in [5.41, 5.74) is 2.09. The minimum atomic E-state index is -0.256. The number of ether oxygens (including phenoxy) is 1. The first kappa shape index (κ1) is 16.5. The Kier molecular flexibility index (Phi) is 4.19. The number of nitrogens with one attached hydrogen (secondary N) is 1. The van der Waals surface area contributed by atoms with E-state index in [1.807, 2.05) is 13.2 Å². The molecule has 4 rings (SSSR count). The summed E-state index contributed by atoms with van der Waals surface area (Å²) in [7, 11) is 1.91. The van der Waals surface area contributed by atoms with E-state index >= 15 is 0 Å². The van der Waals surface area contributed by atoms with Gasteiger partial charge in [0.15, 0.2) is 0 Å². The van der Waals surface area contributed by atoms with Crippen molar-refractivity contribution in [3.8, 4) is 0 Å². The van der Waals surface area contributed by atoms with Gasteiger partial charge in [-0.25, -0.2) is 0 Å². The lowest BCUT2D eigenvalue weighted by Crippen LogP contribution is -2.52. The van der Waals surface area contributed by atoms with Crippen LogP contribution in [0.4, 0.5) is 0 Å². The Morgan fingerprint density at radius 3 is 3.00 bits per heavy atom. The zero-order chi connectivity index (χ0) is 16.9. The Morgan fingerprint density at radius 1 is 1.46 bits per heavy atom. The number of fused-ring (bicyclic) bond motifs is 2. The molecule has 0 amide bonds. The van der Waals surface area contributed by atoms with Crippen molar-refractivity contribution in [3.63, 3.8) is 0 Å². The van der Waals surface area contributed by atoms with E-state index in [0.29, 0.717) is 12.0 Å². The maximum atomic E-state index is 6.44. The maximum Gasteiger partial charge on any atom is 0.106 e. The highest BCUT2D eigenvalue weighted by atomic mass is 35.5. The van der Waals surface area contributed by atoms with E-state index in [9.17, 15) is 0 Å². The topological polar surface area (TPSA) is 52.0 Å². The fourth-order valence-corrected chi connectivity index (χ4v) is 5.44. The molecular formula is C17H23ClN4OS. The van der Waals surface area contributed by atoms with Gasteiger partial charge in [0.05, 0.1) is 22.7 Å². The summed E-state index contributed by atoms with van der Waals surface area (Å²) in [5.74, 6) is 0.519. The van der Waals surface area contributed by atoms with Crippen LogP contribution in [0.15, 0.2) is 12.3 Å². The molecule has 2 aliphatic rings. The Balaban J connectivity index is 1.74. The number of aryl methyl sites for hydroxylation is 1. The lowest BCUT2D eigenvalue weighted by Gasteiger charge is -2.47. The molecule has 5 nitrogen and oxygen atoms in total. The van der Waals surface area contributed by atoms with E-state index in [2.05, 4.69) is 35.5 Å². The highest BCUT2D eigenvalue weighted by Gasteiger charge is 2.48. The van der Waals surface area contributed by atoms with Gasteiger partial charge < -0.3 is 10.1 Å². The fourth-order valence-electron chi connectivity index (χ4n) is 3.98. The second-order valence-corrected chi connectivity index (χ2v) is 8.98. The van der Waals surface area contributed by atoms with E-state index in [1.165, 1.54) is 10.4 Å². The molecule has 1 N–H and O–H groups in total. The Bertz CT molecular complexity index is 743. The SMILES string of the molecule is CC(C)C1CC2(CC(c3cn(C)nn3)N1)OCCc1cc(Cl)sc12. The van der Waals surface area contributed by atoms with E-state index < -0.39 is 0 Å². The molecule has 4 heterocycles. The molecular weight excluding hydrogens is 344 g/mol. The van der Waals surface area contributed by atoms with Crippen molar-refractivity contribution in [1.82, 2.24) is 20.3 Å². The number of rotatable bonds is 2. The van der Waals surface area contributed by atoms with Gasteiger partial charge in [-0.2, -0.15) is 0 Å². The van der Waals surface area contributed by atoms with Crippen LogP contribution in [0.1, 0.15) is 48.9 Å². The summed E-state index contributed by atoms with van der Waals surface area (Å²) in [6.45, 7) is 5.28. The third-order valence-electron chi connectivity index (χ3n) is 5.22. The predicted molar refractivity (Wildman–Crippen MR) is 95.4 cm³/mol. The average Bonchev–Trinajstić information content (AvgIpc) is 3.13. The Hall–Kier alpha value is -0.950. The summed E-state index contributed by atoms with van der Waals surface area (Å²) in [6.07, 6.45) is 4.80. The first-order valence-electron chi connectivity index (χ1n) is 8.52. The van der Waals surface area contributed by atoms with Crippen molar-refractivity contribution >= 4 is 22.9 Å². The van der Waals surface area contributed by atoms with Gasteiger partial charge in [-0.3, -0.25) is 4.68 Å². The van der Waals surface area contributed by atoms with Crippen molar-refractivity contribution in [3.05, 3.63) is 32.7 Å². The second kappa shape index (κ2) is 6.09. The summed E-state index contributed by atoms with van der Waals surface area (Å²) in [5, 5.41) is 12.2. The highest BCUT2D eigenvalue weighted by molar-refractivity contribution is 7.16. The minimum absolute atomic E-state index is 0.145. The van der Waals surface area contributed by atoms with E-state index in [4.69, 9.17) is 16.3 Å². The van der Waals surface area contributed by atoms with Gasteiger partial charge in [-0.05, 0) is 30.4 Å². The molecule has 7 heteroatoms. The van der Waals surface area contributed by atoms with Gasteiger partial charge in [0.25, 0.3) is 0 Å². The molecule has 130 valence electrons. The number of hydrogen-bond acceptors (Lipinski definition) is 5. The van der Waals surface area contributed by atoms with Crippen LogP contribution in [0.3, 0.4) is 0 Å². The molecule has 3 unspecified atom stereocenters. The lowest BCUT2D eigenvalue weighted by molar-refractivity contribution is -0.101. The molecule has 0 radical (unpaired) electrons. The average molecular weight is 367 g/mol. The number of halogens is 1. The lowest BCUT2D eigenvalue weighted by atomic mass is 9.76. The molecule has 0 aliphatic carbocycles. The maximum absolute atomic E-state index is 6.44. The van der Waals surface area contributed by atoms with Crippen LogP contribution in [0.5, 0.6) is 0 Å². The molecule has 1 saturated heterocycles. The van der Waals surface area contributed by atoms with Crippen molar-refractivity contribution in [2.24, 2.45) is 13.0 Å². The third-order valence-corrected chi connectivity index (χ3v) is 6.72. The summed E-state index contributed by atoms with van der Waals surface area (Å²) in [6, 6.07) is 2.64. The molecule has 2 aromatic rings. The Labute approximate surface area is 151 Å². The standard InChI is InChI=1S/C17H23ClN4OS/c1-10(2)12-7-17(8-13(19-12)14-9-22(3)21-20-14)16-11(4-5-23-17)6-15(18)24-16/h6,9-10,12-13,19H,4-5,7-8H2,1-3H3. The van der Waals surface area contributed by atoms with Crippen LogP contribution in [-0.2, 0) is 23.8 Å². The van der Waals surface area contributed by atoms with Crippen LogP contribution >= 0.6 is 22.9 Å². The molecule has 2 aliphatic heterocycles. The number of thiophene rings is 1. The van der Waals surface area contributed by atoms with Crippen LogP contribution in [0.2, 0.25) is 4.34 Å². The van der Waals surface area contributed by atoms with Gasteiger partial charge in [0.1, 0.15) is 5.60 Å². The molecule has 1 fully saturated rings. The first-order chi connectivity index (χ1) is 11.5. The normalized spacial score (nSPS) is 30.0. The molecule has 24 heavy (non-hydrogen) atoms. The van der Waals surface area contributed by atoms with Crippen LogP contribution < -0.4 is 5.32 Å². The van der Waals surface area contributed by atoms with Crippen LogP contribution in [0, 0.1) is 5.92 Å². The van der Waals surface area contributed by atoms with E-state index in [1.54, 1.807) is 16.0 Å². The monoisotopic (exact) mass is 366 g/mol. The largest absolute Gasteiger partial charge is 0.369 e. The molecule has 2 aromatic heterocycles. The minimum Gasteiger partial charge on any atom is -0.369 e. The number of piperidine rings is 1. The van der Waals surface area contributed by atoms with E-state index in [0.717, 1.165) is 35.9 Å². The summed E-state index contributed by atoms with van der Waals surface area (Å²) in [4.78, 5) is 1.32. The van der Waals surface area contributed by atoms with Gasteiger partial charge in [0, 0.05) is 30.6 Å². The zero-order valence-electron chi connectivity index (χ0n) is 14.3. The highest BCUT2D eigenvalue weighted by Crippen LogP contribution is 2.50. The zero-order valence-corrected chi connectivity index (χ0v) is 15.8. The molecule has 1 spiro atoms.